The number of carbonyl (C=O) groups is 1. The van der Waals surface area contributed by atoms with Gasteiger partial charge in [-0.05, 0) is 50.3 Å². The highest BCUT2D eigenvalue weighted by atomic mass is 32.2. The van der Waals surface area contributed by atoms with E-state index in [1.165, 1.54) is 17.0 Å². The highest BCUT2D eigenvalue weighted by Crippen LogP contribution is 2.37. The Morgan fingerprint density at radius 1 is 1.14 bits per heavy atom. The van der Waals surface area contributed by atoms with E-state index in [1.54, 1.807) is 18.2 Å². The summed E-state index contributed by atoms with van der Waals surface area (Å²) >= 11 is 6.54. The lowest BCUT2D eigenvalue weighted by atomic mass is 10.1. The molecule has 2 aromatic rings. The van der Waals surface area contributed by atoms with Crippen molar-refractivity contribution in [3.8, 4) is 0 Å². The highest BCUT2D eigenvalue weighted by Gasteiger charge is 2.33. The van der Waals surface area contributed by atoms with Gasteiger partial charge in [-0.25, -0.2) is 0 Å². The molecular weight excluding hydrogens is 394 g/mol. The summed E-state index contributed by atoms with van der Waals surface area (Å²) in [4.78, 5) is 27.7. The predicted molar refractivity (Wildman–Crippen MR) is 119 cm³/mol. The second-order valence-electron chi connectivity index (χ2n) is 6.02. The monoisotopic (exact) mass is 413 g/mol. The SMILES string of the molecule is CCN(CC)c1ccc(N2C(=O)/C(=C/c3ccccc3[N+](=O)[O-])SC2=S)cc1. The Morgan fingerprint density at radius 2 is 1.79 bits per heavy atom. The molecule has 0 N–H and O–H groups in total. The molecule has 28 heavy (non-hydrogen) atoms. The van der Waals surface area contributed by atoms with Crippen LogP contribution in [0.3, 0.4) is 0 Å². The zero-order chi connectivity index (χ0) is 20.3. The van der Waals surface area contributed by atoms with Crippen molar-refractivity contribution in [1.82, 2.24) is 0 Å². The van der Waals surface area contributed by atoms with Crippen LogP contribution < -0.4 is 9.80 Å². The Hall–Kier alpha value is -2.71. The number of nitrogens with zero attached hydrogens (tertiary/aromatic N) is 3. The van der Waals surface area contributed by atoms with Gasteiger partial charge in [0, 0.05) is 24.8 Å². The third kappa shape index (κ3) is 3.93. The Balaban J connectivity index is 1.89. The molecule has 0 radical (unpaired) electrons. The highest BCUT2D eigenvalue weighted by molar-refractivity contribution is 8.27. The topological polar surface area (TPSA) is 66.7 Å². The van der Waals surface area contributed by atoms with E-state index in [1.807, 2.05) is 24.3 Å². The van der Waals surface area contributed by atoms with Crippen LogP contribution in [0, 0.1) is 10.1 Å². The van der Waals surface area contributed by atoms with Gasteiger partial charge >= 0.3 is 0 Å². The molecule has 1 aliphatic heterocycles. The van der Waals surface area contributed by atoms with Crippen LogP contribution in [0.4, 0.5) is 17.1 Å². The van der Waals surface area contributed by atoms with Gasteiger partial charge in [0.25, 0.3) is 11.6 Å². The number of thiocarbonyl (C=S) groups is 1. The molecule has 6 nitrogen and oxygen atoms in total. The van der Waals surface area contributed by atoms with Crippen LogP contribution in [0.1, 0.15) is 19.4 Å². The normalized spacial score (nSPS) is 15.4. The maximum Gasteiger partial charge on any atom is 0.276 e. The molecule has 0 aromatic heterocycles. The van der Waals surface area contributed by atoms with Gasteiger partial charge in [-0.15, -0.1) is 0 Å². The number of amides is 1. The van der Waals surface area contributed by atoms with Gasteiger partial charge in [0.05, 0.1) is 21.1 Å². The number of benzene rings is 2. The maximum absolute atomic E-state index is 12.9. The number of carbonyl (C=O) groups excluding carboxylic acids is 1. The zero-order valence-electron chi connectivity index (χ0n) is 15.5. The van der Waals surface area contributed by atoms with Gasteiger partial charge in [0.2, 0.25) is 0 Å². The first-order valence-corrected chi connectivity index (χ1v) is 10.0. The van der Waals surface area contributed by atoms with Crippen molar-refractivity contribution in [2.45, 2.75) is 13.8 Å². The molecule has 0 bridgehead atoms. The molecule has 1 amide bonds. The summed E-state index contributed by atoms with van der Waals surface area (Å²) < 4.78 is 0.408. The number of anilines is 2. The number of nitro benzene ring substituents is 1. The first-order chi connectivity index (χ1) is 13.5. The van der Waals surface area contributed by atoms with Crippen molar-refractivity contribution in [2.24, 2.45) is 0 Å². The van der Waals surface area contributed by atoms with Crippen molar-refractivity contribution >= 4 is 57.3 Å². The average Bonchev–Trinajstić information content (AvgIpc) is 2.97. The van der Waals surface area contributed by atoms with Crippen LogP contribution in [0.15, 0.2) is 53.4 Å². The molecule has 1 aliphatic rings. The average molecular weight is 414 g/mol. The Morgan fingerprint density at radius 3 is 2.39 bits per heavy atom. The Labute approximate surface area is 173 Å². The minimum Gasteiger partial charge on any atom is -0.372 e. The second-order valence-corrected chi connectivity index (χ2v) is 7.70. The van der Waals surface area contributed by atoms with Crippen LogP contribution in [-0.2, 0) is 4.79 Å². The lowest BCUT2D eigenvalue weighted by Crippen LogP contribution is -2.27. The molecule has 1 saturated heterocycles. The van der Waals surface area contributed by atoms with E-state index in [9.17, 15) is 14.9 Å². The summed E-state index contributed by atoms with van der Waals surface area (Å²) in [6.07, 6.45) is 1.53. The van der Waals surface area contributed by atoms with Crippen LogP contribution in [-0.4, -0.2) is 28.2 Å². The van der Waals surface area contributed by atoms with Gasteiger partial charge in [-0.3, -0.25) is 19.8 Å². The van der Waals surface area contributed by atoms with E-state index in [0.29, 0.717) is 20.5 Å². The fourth-order valence-corrected chi connectivity index (χ4v) is 4.30. The van der Waals surface area contributed by atoms with Crippen molar-refractivity contribution in [2.75, 3.05) is 22.9 Å². The van der Waals surface area contributed by atoms with E-state index < -0.39 is 4.92 Å². The summed E-state index contributed by atoms with van der Waals surface area (Å²) in [5.41, 5.74) is 2.10. The van der Waals surface area contributed by atoms with Crippen molar-refractivity contribution in [3.05, 3.63) is 69.1 Å². The molecule has 144 valence electrons. The van der Waals surface area contributed by atoms with Crippen LogP contribution >= 0.6 is 24.0 Å². The molecule has 2 aromatic carbocycles. The summed E-state index contributed by atoms with van der Waals surface area (Å²) in [7, 11) is 0. The van der Waals surface area contributed by atoms with Gasteiger partial charge in [-0.1, -0.05) is 36.1 Å². The number of para-hydroxylation sites is 1. The fraction of sp³-hybridized carbons (Fsp3) is 0.200. The van der Waals surface area contributed by atoms with E-state index >= 15 is 0 Å². The summed E-state index contributed by atoms with van der Waals surface area (Å²) in [5.74, 6) is -0.274. The molecule has 0 unspecified atom stereocenters. The predicted octanol–water partition coefficient (Wildman–Crippen LogP) is 4.85. The van der Waals surface area contributed by atoms with Gasteiger partial charge in [0.1, 0.15) is 0 Å². The molecule has 8 heteroatoms. The Bertz CT molecular complexity index is 953. The molecule has 1 fully saturated rings. The third-order valence-corrected chi connectivity index (χ3v) is 5.75. The number of nitro groups is 1. The summed E-state index contributed by atoms with van der Waals surface area (Å²) in [5, 5.41) is 11.2. The third-order valence-electron chi connectivity index (χ3n) is 4.45. The van der Waals surface area contributed by atoms with E-state index in [2.05, 4.69) is 18.7 Å². The number of hydrogen-bond donors (Lipinski definition) is 0. The van der Waals surface area contributed by atoms with Crippen molar-refractivity contribution in [3.63, 3.8) is 0 Å². The van der Waals surface area contributed by atoms with E-state index in [0.717, 1.165) is 30.5 Å². The van der Waals surface area contributed by atoms with E-state index in [-0.39, 0.29) is 11.6 Å². The van der Waals surface area contributed by atoms with Crippen molar-refractivity contribution in [1.29, 1.82) is 0 Å². The summed E-state index contributed by atoms with van der Waals surface area (Å²) in [6.45, 7) is 5.98. The lowest BCUT2D eigenvalue weighted by molar-refractivity contribution is -0.385. The molecule has 0 atom stereocenters. The molecule has 0 spiro atoms. The first kappa shape index (κ1) is 20.0. The van der Waals surface area contributed by atoms with Crippen LogP contribution in [0.5, 0.6) is 0 Å². The summed E-state index contributed by atoms with van der Waals surface area (Å²) in [6, 6.07) is 14.0. The fourth-order valence-electron chi connectivity index (χ4n) is 3.01. The molecule has 3 rings (SSSR count). The number of hydrogen-bond acceptors (Lipinski definition) is 6. The number of thioether (sulfide) groups is 1. The molecular formula is C20H19N3O3S2. The maximum atomic E-state index is 12.9. The smallest absolute Gasteiger partial charge is 0.276 e. The standard InChI is InChI=1S/C20H19N3O3S2/c1-3-21(4-2)15-9-11-16(12-10-15)22-19(24)18(28-20(22)27)13-14-7-5-6-8-17(14)23(25)26/h5-13H,3-4H2,1-2H3/b18-13-. The largest absolute Gasteiger partial charge is 0.372 e. The van der Waals surface area contributed by atoms with Gasteiger partial charge in [-0.2, -0.15) is 0 Å². The van der Waals surface area contributed by atoms with Crippen LogP contribution in [0.2, 0.25) is 0 Å². The number of rotatable bonds is 6. The Kier molecular flexibility index (Phi) is 6.11. The quantitative estimate of drug-likeness (QED) is 0.292. The van der Waals surface area contributed by atoms with Gasteiger partial charge in [0.15, 0.2) is 4.32 Å². The lowest BCUT2D eigenvalue weighted by Gasteiger charge is -2.22. The van der Waals surface area contributed by atoms with Crippen molar-refractivity contribution < 1.29 is 9.72 Å². The first-order valence-electron chi connectivity index (χ1n) is 8.82. The van der Waals surface area contributed by atoms with Crippen LogP contribution in [0.25, 0.3) is 6.08 Å². The van der Waals surface area contributed by atoms with E-state index in [4.69, 9.17) is 12.2 Å². The zero-order valence-corrected chi connectivity index (χ0v) is 17.1. The molecule has 0 saturated carbocycles. The second kappa shape index (κ2) is 8.53. The molecule has 0 aliphatic carbocycles. The minimum absolute atomic E-state index is 0.0451. The van der Waals surface area contributed by atoms with Gasteiger partial charge < -0.3 is 4.90 Å². The molecule has 1 heterocycles. The minimum atomic E-state index is -0.460.